The van der Waals surface area contributed by atoms with Gasteiger partial charge in [0.1, 0.15) is 195 Å². The smallest absolute Gasteiger partial charge is 0.187 e. The van der Waals surface area contributed by atoms with E-state index in [1.54, 1.807) is 0 Å². The summed E-state index contributed by atoms with van der Waals surface area (Å²) in [6, 6.07) is 0. The third-order valence-electron chi connectivity index (χ3n) is 16.9. The molecule has 30 saturated heterocycles. The minimum atomic E-state index is -2.25. The average molecular weight is 1310 g/mol. The van der Waals surface area contributed by atoms with Crippen LogP contribution < -0.4 is 0 Å². The van der Waals surface area contributed by atoms with Crippen molar-refractivity contribution in [3.05, 3.63) is 0 Å². The van der Waals surface area contributed by atoms with Gasteiger partial charge in [-0.2, -0.15) is 0 Å². The highest BCUT2D eigenvalue weighted by Crippen LogP contribution is 2.40. The minimum Gasteiger partial charge on any atom is -0.394 e. The Bertz CT molecular complexity index is 1710. The number of aliphatic hydroxyl groups is 24. The van der Waals surface area contributed by atoms with Crippen molar-refractivity contribution in [1.82, 2.24) is 0 Å². The van der Waals surface area contributed by atoms with E-state index in [1.165, 1.54) is 0 Å². The molecule has 0 spiro atoms. The fourth-order valence-corrected chi connectivity index (χ4v) is 11.9. The van der Waals surface area contributed by atoms with E-state index in [9.17, 15) is 123 Å². The van der Waals surface area contributed by atoms with Gasteiger partial charge in [0.2, 0.25) is 0 Å². The third kappa shape index (κ3) is 14.4. The number of hydrogen-bond acceptors (Lipinski definition) is 40. The molecule has 16 bridgehead atoms. The molecule has 40 nitrogen and oxygen atoms in total. The Morgan fingerprint density at radius 2 is 0.236 bits per heavy atom. The highest BCUT2D eigenvalue weighted by Gasteiger charge is 2.60. The van der Waals surface area contributed by atoms with Crippen LogP contribution in [0, 0.1) is 0 Å². The lowest BCUT2D eigenvalue weighted by atomic mass is 9.94. The lowest BCUT2D eigenvalue weighted by Crippen LogP contribution is -2.69. The maximum atomic E-state index is 11.4. The molecule has 0 amide bonds. The molecular weight excluding hydrogens is 1230 g/mol. The summed E-state index contributed by atoms with van der Waals surface area (Å²) in [7, 11) is 0. The molecule has 40 unspecified atom stereocenters. The van der Waals surface area contributed by atoms with E-state index in [4.69, 9.17) is 75.8 Å². The van der Waals surface area contributed by atoms with Gasteiger partial charge in [0, 0.05) is 0 Å². The summed E-state index contributed by atoms with van der Waals surface area (Å²) >= 11 is 0. The standard InChI is InChI=1S/C48H80O40.CH4/c49-1-9-33-17(57)25(65)41(73-9)82-34-10(2-50)75-43(27(67)19(34)59)84-36-12(4-52)77-45(29(69)21(36)61)86-38-14(6-54)79-47(31(71)23(38)63)88-40-16(8-56)80-48(32(72)24(40)64)87-39-15(7-55)78-46(30(70)22(39)62)85-37-13(5-53)76-44(28(68)20(37)60)83-35-11(3-51)74-42(81-33)26(66)18(35)58;/h9-72H,1-8H2;1H4. The number of rotatable bonds is 8. The van der Waals surface area contributed by atoms with Crippen LogP contribution in [-0.2, 0) is 75.8 Å². The molecule has 30 heterocycles. The Kier molecular flexibility index (Phi) is 25.6. The quantitative estimate of drug-likeness (QED) is 0.107. The molecule has 0 aromatic carbocycles. The molecule has 89 heavy (non-hydrogen) atoms. The fraction of sp³-hybridized carbons (Fsp3) is 1.00. The SMILES string of the molecule is C.OCC1OC2OC3C(CO)OC(OC4C(CO)OC(OC5C(CO)OC(OC6C(CO)OC(OC7C(CO)OC(OC8C(CO)OC(OC9C(CO)OC(OC1C(O)C2O)C(O)C9O)C(O)C8O)C(O)C7O)C(O)C6O)C(O)C5O)C(O)C4O)C(O)C3O. The Hall–Kier alpha value is -1.60. The van der Waals surface area contributed by atoms with Crippen LogP contribution >= 0.6 is 0 Å². The summed E-state index contributed by atoms with van der Waals surface area (Å²) in [5.41, 5.74) is 0. The van der Waals surface area contributed by atoms with Gasteiger partial charge < -0.3 is 198 Å². The monoisotopic (exact) mass is 1310 g/mol. The minimum absolute atomic E-state index is 0. The van der Waals surface area contributed by atoms with Crippen LogP contribution in [0.4, 0.5) is 0 Å². The topological polar surface area (TPSA) is 633 Å². The molecule has 24 N–H and O–H groups in total. The van der Waals surface area contributed by atoms with Gasteiger partial charge in [-0.15, -0.1) is 0 Å². The first-order chi connectivity index (χ1) is 41.9. The Morgan fingerprint density at radius 3 is 0.315 bits per heavy atom. The molecule has 0 radical (unpaired) electrons. The zero-order valence-corrected chi connectivity index (χ0v) is 46.0. The lowest BCUT2D eigenvalue weighted by molar-refractivity contribution is -0.404. The molecule has 0 saturated carbocycles. The van der Waals surface area contributed by atoms with Crippen molar-refractivity contribution in [1.29, 1.82) is 0 Å². The molecule has 40 heteroatoms. The van der Waals surface area contributed by atoms with Crippen molar-refractivity contribution in [2.75, 3.05) is 52.9 Å². The Morgan fingerprint density at radius 1 is 0.146 bits per heavy atom. The van der Waals surface area contributed by atoms with Gasteiger partial charge >= 0.3 is 0 Å². The van der Waals surface area contributed by atoms with E-state index in [0.717, 1.165) is 0 Å². The van der Waals surface area contributed by atoms with Crippen LogP contribution in [0.1, 0.15) is 7.43 Å². The third-order valence-corrected chi connectivity index (χ3v) is 16.9. The zero-order valence-electron chi connectivity index (χ0n) is 46.0. The van der Waals surface area contributed by atoms with Crippen molar-refractivity contribution in [2.45, 2.75) is 253 Å². The molecule has 30 aliphatic rings. The lowest BCUT2D eigenvalue weighted by Gasteiger charge is -2.50. The molecule has 0 aromatic rings. The molecule has 0 aromatic heterocycles. The molecule has 40 atom stereocenters. The summed E-state index contributed by atoms with van der Waals surface area (Å²) in [6.45, 7) is -8.64. The first kappa shape index (κ1) is 73.2. The normalized spacial score (nSPS) is 54.7. The van der Waals surface area contributed by atoms with Gasteiger partial charge in [0.15, 0.2) is 50.3 Å². The van der Waals surface area contributed by atoms with Crippen molar-refractivity contribution >= 4 is 0 Å². The fourth-order valence-electron chi connectivity index (χ4n) is 11.9. The predicted molar refractivity (Wildman–Crippen MR) is 268 cm³/mol. The van der Waals surface area contributed by atoms with Crippen molar-refractivity contribution in [3.63, 3.8) is 0 Å². The van der Waals surface area contributed by atoms with Crippen molar-refractivity contribution < 1.29 is 198 Å². The van der Waals surface area contributed by atoms with E-state index in [2.05, 4.69) is 0 Å². The molecule has 30 rings (SSSR count). The Balaban J connectivity index is 0.0000102. The molecule has 520 valence electrons. The van der Waals surface area contributed by atoms with Gasteiger partial charge in [0.25, 0.3) is 0 Å². The summed E-state index contributed by atoms with van der Waals surface area (Å²) < 4.78 is 91.1. The highest BCUT2D eigenvalue weighted by atomic mass is 16.8. The number of ether oxygens (including phenoxy) is 16. The van der Waals surface area contributed by atoms with Crippen LogP contribution in [0.5, 0.6) is 0 Å². The van der Waals surface area contributed by atoms with Crippen LogP contribution in [-0.4, -0.2) is 421 Å². The van der Waals surface area contributed by atoms with Gasteiger partial charge in [-0.1, -0.05) is 7.43 Å². The van der Waals surface area contributed by atoms with Crippen LogP contribution in [0.15, 0.2) is 0 Å². The molecule has 30 aliphatic heterocycles. The summed E-state index contributed by atoms with van der Waals surface area (Å²) in [5.74, 6) is 0. The summed E-state index contributed by atoms with van der Waals surface area (Å²) in [6.07, 6.45) is -82.0. The summed E-state index contributed by atoms with van der Waals surface area (Å²) in [5, 5.41) is 265. The first-order valence-corrected chi connectivity index (χ1v) is 28.1. The predicted octanol–water partition coefficient (Wildman–Crippen LogP) is -16.8. The van der Waals surface area contributed by atoms with E-state index in [1.807, 2.05) is 0 Å². The second-order valence-corrected chi connectivity index (χ2v) is 22.5. The molecule has 0 aliphatic carbocycles. The van der Waals surface area contributed by atoms with Crippen molar-refractivity contribution in [3.8, 4) is 0 Å². The van der Waals surface area contributed by atoms with Gasteiger partial charge in [-0.3, -0.25) is 0 Å². The molecule has 30 fully saturated rings. The van der Waals surface area contributed by atoms with Gasteiger partial charge in [-0.25, -0.2) is 0 Å². The molecular formula is C49H84O40. The summed E-state index contributed by atoms with van der Waals surface area (Å²) in [4.78, 5) is 0. The second-order valence-electron chi connectivity index (χ2n) is 22.5. The number of hydrogen-bond donors (Lipinski definition) is 24. The van der Waals surface area contributed by atoms with E-state index in [-0.39, 0.29) is 7.43 Å². The van der Waals surface area contributed by atoms with Crippen LogP contribution in [0.2, 0.25) is 0 Å². The van der Waals surface area contributed by atoms with Crippen LogP contribution in [0.3, 0.4) is 0 Å². The van der Waals surface area contributed by atoms with Gasteiger partial charge in [-0.05, 0) is 0 Å². The Labute approximate surface area is 503 Å². The maximum Gasteiger partial charge on any atom is 0.187 e. The second kappa shape index (κ2) is 31.1. The highest BCUT2D eigenvalue weighted by molar-refractivity contribution is 5.02. The van der Waals surface area contributed by atoms with E-state index < -0.39 is 299 Å². The van der Waals surface area contributed by atoms with Crippen LogP contribution in [0.25, 0.3) is 0 Å². The van der Waals surface area contributed by atoms with E-state index in [0.29, 0.717) is 0 Å². The van der Waals surface area contributed by atoms with Gasteiger partial charge in [0.05, 0.1) is 52.9 Å². The number of aliphatic hydroxyl groups excluding tert-OH is 24. The largest absolute Gasteiger partial charge is 0.394 e. The average Bonchev–Trinajstić information content (AvgIpc) is 0.978. The van der Waals surface area contributed by atoms with E-state index >= 15 is 0 Å². The maximum absolute atomic E-state index is 11.4. The van der Waals surface area contributed by atoms with Crippen molar-refractivity contribution in [2.24, 2.45) is 0 Å². The zero-order chi connectivity index (χ0) is 64.1. The first-order valence-electron chi connectivity index (χ1n) is 28.1.